The van der Waals surface area contributed by atoms with Gasteiger partial charge in [0.05, 0.1) is 12.8 Å². The van der Waals surface area contributed by atoms with Gasteiger partial charge in [0.1, 0.15) is 11.4 Å². The predicted molar refractivity (Wildman–Crippen MR) is 83.0 cm³/mol. The first kappa shape index (κ1) is 15.2. The maximum absolute atomic E-state index is 11.8. The van der Waals surface area contributed by atoms with Crippen molar-refractivity contribution >= 4 is 17.5 Å². The zero-order valence-corrected chi connectivity index (χ0v) is 12.7. The summed E-state index contributed by atoms with van der Waals surface area (Å²) in [5.74, 6) is 1.41. The number of rotatable bonds is 6. The van der Waals surface area contributed by atoms with E-state index in [4.69, 9.17) is 25.3 Å². The van der Waals surface area contributed by atoms with Crippen molar-refractivity contribution in [2.45, 2.75) is 6.54 Å². The molecule has 0 saturated carbocycles. The fraction of sp³-hybridized carbons (Fsp3) is 0.125. The lowest BCUT2D eigenvalue weighted by molar-refractivity contribution is -0.123. The van der Waals surface area contributed by atoms with Crippen LogP contribution in [0, 0.1) is 0 Å². The average Bonchev–Trinajstić information content (AvgIpc) is 3.23. The molecule has 0 atom stereocenters. The number of nitrogens with one attached hydrogen (secondary N) is 1. The molecule has 0 fully saturated rings. The van der Waals surface area contributed by atoms with Gasteiger partial charge < -0.3 is 19.0 Å². The normalized spacial score (nSPS) is 10.5. The number of ether oxygens (including phenoxy) is 1. The second-order valence-corrected chi connectivity index (χ2v) is 5.12. The molecule has 3 aromatic rings. The summed E-state index contributed by atoms with van der Waals surface area (Å²) < 4.78 is 15.7. The summed E-state index contributed by atoms with van der Waals surface area (Å²) in [6, 6.07) is 12.0. The van der Waals surface area contributed by atoms with E-state index >= 15 is 0 Å². The Morgan fingerprint density at radius 2 is 2.04 bits per heavy atom. The number of carbonyl (C=O) groups excluding carboxylic acids is 1. The SMILES string of the molecule is O=C(COc1ccc(Cl)cc1)NCc1cc(-c2ccco2)on1. The molecule has 7 heteroatoms. The van der Waals surface area contributed by atoms with Gasteiger partial charge in [-0.1, -0.05) is 16.8 Å². The molecule has 0 aliphatic rings. The van der Waals surface area contributed by atoms with Gasteiger partial charge in [0.15, 0.2) is 12.4 Å². The van der Waals surface area contributed by atoms with Gasteiger partial charge in [0.2, 0.25) is 5.76 Å². The van der Waals surface area contributed by atoms with Gasteiger partial charge in [-0.2, -0.15) is 0 Å². The van der Waals surface area contributed by atoms with Crippen LogP contribution in [0.2, 0.25) is 5.02 Å². The number of hydrogen-bond acceptors (Lipinski definition) is 5. The van der Waals surface area contributed by atoms with Gasteiger partial charge >= 0.3 is 0 Å². The number of aromatic nitrogens is 1. The van der Waals surface area contributed by atoms with Crippen LogP contribution in [0.1, 0.15) is 5.69 Å². The minimum absolute atomic E-state index is 0.0927. The lowest BCUT2D eigenvalue weighted by atomic mass is 10.3. The summed E-state index contributed by atoms with van der Waals surface area (Å²) in [5.41, 5.74) is 0.594. The van der Waals surface area contributed by atoms with Crippen LogP contribution < -0.4 is 10.1 Å². The molecule has 0 bridgehead atoms. The van der Waals surface area contributed by atoms with E-state index in [0.717, 1.165) is 0 Å². The molecule has 2 heterocycles. The van der Waals surface area contributed by atoms with Crippen LogP contribution in [0.4, 0.5) is 0 Å². The first-order chi connectivity index (χ1) is 11.2. The molecule has 0 spiro atoms. The lowest BCUT2D eigenvalue weighted by Crippen LogP contribution is -2.28. The topological polar surface area (TPSA) is 77.5 Å². The fourth-order valence-corrected chi connectivity index (χ4v) is 1.98. The number of hydrogen-bond donors (Lipinski definition) is 1. The van der Waals surface area contributed by atoms with Crippen molar-refractivity contribution in [2.24, 2.45) is 0 Å². The Kier molecular flexibility index (Phi) is 4.63. The molecule has 0 saturated heterocycles. The molecule has 0 aliphatic carbocycles. The number of amides is 1. The Morgan fingerprint density at radius 1 is 1.22 bits per heavy atom. The second-order valence-electron chi connectivity index (χ2n) is 4.68. The molecule has 1 N–H and O–H groups in total. The number of halogens is 1. The molecule has 3 rings (SSSR count). The number of furan rings is 1. The molecular formula is C16H13ClN2O4. The average molecular weight is 333 g/mol. The van der Waals surface area contributed by atoms with Crippen molar-refractivity contribution in [3.8, 4) is 17.3 Å². The van der Waals surface area contributed by atoms with Crippen LogP contribution >= 0.6 is 11.6 Å². The molecular weight excluding hydrogens is 320 g/mol. The van der Waals surface area contributed by atoms with Gasteiger partial charge in [-0.3, -0.25) is 4.79 Å². The monoisotopic (exact) mass is 332 g/mol. The van der Waals surface area contributed by atoms with Crippen molar-refractivity contribution in [2.75, 3.05) is 6.61 Å². The van der Waals surface area contributed by atoms with E-state index < -0.39 is 0 Å². The summed E-state index contributed by atoms with van der Waals surface area (Å²) >= 11 is 5.77. The van der Waals surface area contributed by atoms with E-state index in [1.54, 1.807) is 48.7 Å². The van der Waals surface area contributed by atoms with Gasteiger partial charge in [0.25, 0.3) is 5.91 Å². The van der Waals surface area contributed by atoms with E-state index in [-0.39, 0.29) is 19.1 Å². The highest BCUT2D eigenvalue weighted by molar-refractivity contribution is 6.30. The van der Waals surface area contributed by atoms with Crippen molar-refractivity contribution in [1.29, 1.82) is 0 Å². The van der Waals surface area contributed by atoms with Gasteiger partial charge in [-0.25, -0.2) is 0 Å². The van der Waals surface area contributed by atoms with Crippen LogP contribution in [0.15, 0.2) is 57.7 Å². The van der Waals surface area contributed by atoms with Crippen molar-refractivity contribution < 1.29 is 18.5 Å². The second kappa shape index (κ2) is 7.02. The molecule has 0 aliphatic heterocycles. The van der Waals surface area contributed by atoms with Gasteiger partial charge in [-0.05, 0) is 36.4 Å². The minimum atomic E-state index is -0.262. The minimum Gasteiger partial charge on any atom is -0.484 e. The Labute approximate surface area is 137 Å². The van der Waals surface area contributed by atoms with Crippen LogP contribution in [0.3, 0.4) is 0 Å². The van der Waals surface area contributed by atoms with Gasteiger partial charge in [-0.15, -0.1) is 0 Å². The van der Waals surface area contributed by atoms with Crippen molar-refractivity contribution in [3.05, 3.63) is 59.4 Å². The first-order valence-electron chi connectivity index (χ1n) is 6.85. The Balaban J connectivity index is 1.46. The van der Waals surface area contributed by atoms with Crippen LogP contribution in [0.5, 0.6) is 5.75 Å². The van der Waals surface area contributed by atoms with E-state index in [2.05, 4.69) is 10.5 Å². The third-order valence-corrected chi connectivity index (χ3v) is 3.23. The number of nitrogens with zero attached hydrogens (tertiary/aromatic N) is 1. The molecule has 2 aromatic heterocycles. The maximum Gasteiger partial charge on any atom is 0.258 e. The summed E-state index contributed by atoms with van der Waals surface area (Å²) in [6.45, 7) is 0.150. The lowest BCUT2D eigenvalue weighted by Gasteiger charge is -2.06. The summed E-state index contributed by atoms with van der Waals surface area (Å²) in [4.78, 5) is 11.8. The van der Waals surface area contributed by atoms with Crippen LogP contribution in [-0.4, -0.2) is 17.7 Å². The smallest absolute Gasteiger partial charge is 0.258 e. The van der Waals surface area contributed by atoms with E-state index in [1.807, 2.05) is 0 Å². The number of benzene rings is 1. The Morgan fingerprint density at radius 3 is 2.78 bits per heavy atom. The highest BCUT2D eigenvalue weighted by Crippen LogP contribution is 2.20. The predicted octanol–water partition coefficient (Wildman–Crippen LogP) is 3.28. The van der Waals surface area contributed by atoms with E-state index in [1.165, 1.54) is 0 Å². The molecule has 0 radical (unpaired) electrons. The van der Waals surface area contributed by atoms with Crippen LogP contribution in [0.25, 0.3) is 11.5 Å². The fourth-order valence-electron chi connectivity index (χ4n) is 1.85. The summed E-state index contributed by atoms with van der Waals surface area (Å²) in [6.07, 6.45) is 1.55. The molecule has 23 heavy (non-hydrogen) atoms. The maximum atomic E-state index is 11.8. The molecule has 1 amide bonds. The third kappa shape index (κ3) is 4.14. The van der Waals surface area contributed by atoms with Crippen molar-refractivity contribution in [1.82, 2.24) is 10.5 Å². The highest BCUT2D eigenvalue weighted by Gasteiger charge is 2.10. The molecule has 1 aromatic carbocycles. The summed E-state index contributed by atoms with van der Waals surface area (Å²) in [5, 5.41) is 7.17. The Bertz CT molecular complexity index is 766. The number of carbonyl (C=O) groups is 1. The van der Waals surface area contributed by atoms with Crippen molar-refractivity contribution in [3.63, 3.8) is 0 Å². The molecule has 6 nitrogen and oxygen atoms in total. The standard InChI is InChI=1S/C16H13ClN2O4/c17-11-3-5-13(6-4-11)22-10-16(20)18-9-12-8-15(23-19-12)14-2-1-7-21-14/h1-8H,9-10H2,(H,18,20). The third-order valence-electron chi connectivity index (χ3n) is 2.97. The largest absolute Gasteiger partial charge is 0.484 e. The first-order valence-corrected chi connectivity index (χ1v) is 7.23. The van der Waals surface area contributed by atoms with E-state index in [0.29, 0.717) is 28.0 Å². The zero-order chi connectivity index (χ0) is 16.1. The van der Waals surface area contributed by atoms with Crippen LogP contribution in [-0.2, 0) is 11.3 Å². The quantitative estimate of drug-likeness (QED) is 0.749. The highest BCUT2D eigenvalue weighted by atomic mass is 35.5. The van der Waals surface area contributed by atoms with E-state index in [9.17, 15) is 4.79 Å². The van der Waals surface area contributed by atoms with Gasteiger partial charge in [0, 0.05) is 11.1 Å². The molecule has 0 unspecified atom stereocenters. The zero-order valence-electron chi connectivity index (χ0n) is 12.0. The molecule has 118 valence electrons. The summed E-state index contributed by atoms with van der Waals surface area (Å²) in [7, 11) is 0. The Hall–Kier alpha value is -2.73.